The Morgan fingerprint density at radius 3 is 2.47 bits per heavy atom. The zero-order valence-electron chi connectivity index (χ0n) is 18.5. The van der Waals surface area contributed by atoms with E-state index < -0.39 is 0 Å². The monoisotopic (exact) mass is 409 g/mol. The number of nitrogens with two attached hydrogens (primary N) is 1. The minimum absolute atomic E-state index is 0.120. The summed E-state index contributed by atoms with van der Waals surface area (Å²) in [6.07, 6.45) is 2.97. The molecule has 0 spiro atoms. The highest BCUT2D eigenvalue weighted by molar-refractivity contribution is 5.94. The molecule has 1 fully saturated rings. The Bertz CT molecular complexity index is 826. The Balaban J connectivity index is 1.60. The molecule has 1 saturated heterocycles. The molecule has 0 unspecified atom stereocenters. The average Bonchev–Trinajstić information content (AvgIpc) is 2.74. The average molecular weight is 410 g/mol. The number of carbonyl (C=O) groups is 1. The van der Waals surface area contributed by atoms with Crippen LogP contribution in [0.15, 0.2) is 36.4 Å². The fourth-order valence-corrected chi connectivity index (χ4v) is 3.81. The number of pyridine rings is 1. The Hall–Kier alpha value is -2.60. The molecule has 3 N–H and O–H groups in total. The molecule has 2 aromatic rings. The molecule has 2 heterocycles. The number of benzene rings is 1. The van der Waals surface area contributed by atoms with Gasteiger partial charge in [-0.2, -0.15) is 0 Å². The van der Waals surface area contributed by atoms with Gasteiger partial charge in [-0.3, -0.25) is 9.69 Å². The van der Waals surface area contributed by atoms with Crippen LogP contribution in [0.25, 0.3) is 0 Å². The summed E-state index contributed by atoms with van der Waals surface area (Å²) in [6, 6.07) is 12.4. The molecule has 30 heavy (non-hydrogen) atoms. The minimum atomic E-state index is 0.120. The van der Waals surface area contributed by atoms with Gasteiger partial charge in [0.25, 0.3) is 5.91 Å². The van der Waals surface area contributed by atoms with Gasteiger partial charge in [0.05, 0.1) is 0 Å². The summed E-state index contributed by atoms with van der Waals surface area (Å²) in [7, 11) is 0. The second-order valence-electron chi connectivity index (χ2n) is 8.35. The number of unbranched alkanes of at least 4 members (excludes halogenated alkanes) is 1. The largest absolute Gasteiger partial charge is 0.385 e. The Morgan fingerprint density at radius 2 is 1.83 bits per heavy atom. The molecule has 1 aliphatic heterocycles. The van der Waals surface area contributed by atoms with Crippen LogP contribution in [0.3, 0.4) is 0 Å². The molecule has 6 nitrogen and oxygen atoms in total. The summed E-state index contributed by atoms with van der Waals surface area (Å²) in [5.41, 5.74) is 9.80. The van der Waals surface area contributed by atoms with Gasteiger partial charge in [0, 0.05) is 68.2 Å². The van der Waals surface area contributed by atoms with E-state index in [4.69, 9.17) is 5.73 Å². The first-order chi connectivity index (χ1) is 14.5. The van der Waals surface area contributed by atoms with Gasteiger partial charge < -0.3 is 16.0 Å². The second-order valence-corrected chi connectivity index (χ2v) is 8.35. The molecule has 0 bridgehead atoms. The zero-order valence-corrected chi connectivity index (χ0v) is 18.5. The maximum Gasteiger partial charge on any atom is 0.253 e. The number of amides is 1. The van der Waals surface area contributed by atoms with Gasteiger partial charge in [-0.25, -0.2) is 4.98 Å². The molecule has 162 valence electrons. The lowest BCUT2D eigenvalue weighted by Crippen LogP contribution is -2.50. The molecule has 0 saturated carbocycles. The fraction of sp³-hybridized carbons (Fsp3) is 0.500. The number of piperazine rings is 1. The Morgan fingerprint density at radius 1 is 1.13 bits per heavy atom. The van der Waals surface area contributed by atoms with Crippen LogP contribution < -0.4 is 11.1 Å². The van der Waals surface area contributed by atoms with E-state index in [9.17, 15) is 4.79 Å². The molecule has 0 atom stereocenters. The normalized spacial score (nSPS) is 14.9. The van der Waals surface area contributed by atoms with Gasteiger partial charge in [0.1, 0.15) is 5.82 Å². The molecule has 1 amide bonds. The third-order valence-electron chi connectivity index (χ3n) is 5.68. The molecule has 0 radical (unpaired) electrons. The summed E-state index contributed by atoms with van der Waals surface area (Å²) in [5, 5.41) is 3.41. The maximum absolute atomic E-state index is 12.8. The van der Waals surface area contributed by atoms with Gasteiger partial charge in [0.15, 0.2) is 0 Å². The third kappa shape index (κ3) is 5.95. The number of nitrogens with zero attached hydrogens (tertiary/aromatic N) is 3. The van der Waals surface area contributed by atoms with Gasteiger partial charge in [0.2, 0.25) is 0 Å². The standard InChI is InChI=1S/C24H35N5O/c1-4-5-10-26-21-16-22(27-23(25)17-21)15-19-6-8-20(9-7-19)24(30)29-13-11-28(12-14-29)18(2)3/h6-9,16-18H,4-5,10-15H2,1-3H3,(H3,25,26,27). The van der Waals surface area contributed by atoms with Crippen LogP contribution in [-0.4, -0.2) is 59.5 Å². The minimum Gasteiger partial charge on any atom is -0.385 e. The summed E-state index contributed by atoms with van der Waals surface area (Å²) >= 11 is 0. The summed E-state index contributed by atoms with van der Waals surface area (Å²) in [5.74, 6) is 0.647. The summed E-state index contributed by atoms with van der Waals surface area (Å²) < 4.78 is 0. The van der Waals surface area contributed by atoms with Crippen molar-refractivity contribution in [2.45, 2.75) is 46.1 Å². The van der Waals surface area contributed by atoms with E-state index in [1.807, 2.05) is 35.2 Å². The molecule has 6 heteroatoms. The molecule has 1 aromatic carbocycles. The number of aromatic nitrogens is 1. The van der Waals surface area contributed by atoms with Gasteiger partial charge in [-0.05, 0) is 44.0 Å². The van der Waals surface area contributed by atoms with E-state index in [0.717, 1.165) is 68.1 Å². The summed E-state index contributed by atoms with van der Waals surface area (Å²) in [6.45, 7) is 11.0. The number of anilines is 2. The quantitative estimate of drug-likeness (QED) is 0.651. The lowest BCUT2D eigenvalue weighted by atomic mass is 10.1. The number of carbonyl (C=O) groups excluding carboxylic acids is 1. The zero-order chi connectivity index (χ0) is 21.5. The van der Waals surface area contributed by atoms with Crippen molar-refractivity contribution in [3.63, 3.8) is 0 Å². The van der Waals surface area contributed by atoms with Crippen molar-refractivity contribution >= 4 is 17.4 Å². The first-order valence-corrected chi connectivity index (χ1v) is 11.1. The lowest BCUT2D eigenvalue weighted by molar-refractivity contribution is 0.0595. The molecular weight excluding hydrogens is 374 g/mol. The maximum atomic E-state index is 12.8. The molecular formula is C24H35N5O. The van der Waals surface area contributed by atoms with Crippen LogP contribution in [0, 0.1) is 0 Å². The van der Waals surface area contributed by atoms with E-state index in [1.54, 1.807) is 0 Å². The number of nitrogen functional groups attached to an aromatic ring is 1. The summed E-state index contributed by atoms with van der Waals surface area (Å²) in [4.78, 5) is 21.7. The number of rotatable bonds is 8. The van der Waals surface area contributed by atoms with Crippen LogP contribution >= 0.6 is 0 Å². The third-order valence-corrected chi connectivity index (χ3v) is 5.68. The van der Waals surface area contributed by atoms with E-state index in [-0.39, 0.29) is 5.91 Å². The molecule has 1 aliphatic rings. The van der Waals surface area contributed by atoms with E-state index in [2.05, 4.69) is 42.0 Å². The van der Waals surface area contributed by atoms with Crippen LogP contribution in [0.2, 0.25) is 0 Å². The van der Waals surface area contributed by atoms with Crippen molar-refractivity contribution in [1.29, 1.82) is 0 Å². The number of hydrogen-bond donors (Lipinski definition) is 2. The van der Waals surface area contributed by atoms with E-state index in [1.165, 1.54) is 0 Å². The van der Waals surface area contributed by atoms with Crippen LogP contribution in [0.4, 0.5) is 11.5 Å². The van der Waals surface area contributed by atoms with Crippen LogP contribution in [0.1, 0.15) is 55.2 Å². The highest BCUT2D eigenvalue weighted by Gasteiger charge is 2.23. The van der Waals surface area contributed by atoms with E-state index in [0.29, 0.717) is 18.3 Å². The first-order valence-electron chi connectivity index (χ1n) is 11.1. The Labute approximate surface area is 180 Å². The SMILES string of the molecule is CCCCNc1cc(N)nc(Cc2ccc(C(=O)N3CCN(C(C)C)CC3)cc2)c1. The molecule has 0 aliphatic carbocycles. The number of hydrogen-bond acceptors (Lipinski definition) is 5. The van der Waals surface area contributed by atoms with Gasteiger partial charge >= 0.3 is 0 Å². The highest BCUT2D eigenvalue weighted by atomic mass is 16.2. The van der Waals surface area contributed by atoms with Crippen molar-refractivity contribution in [3.05, 3.63) is 53.2 Å². The first kappa shape index (κ1) is 22.1. The Kier molecular flexibility index (Phi) is 7.69. The lowest BCUT2D eigenvalue weighted by Gasteiger charge is -2.37. The predicted octanol–water partition coefficient (Wildman–Crippen LogP) is 3.63. The van der Waals surface area contributed by atoms with E-state index >= 15 is 0 Å². The molecule has 3 rings (SSSR count). The fourth-order valence-electron chi connectivity index (χ4n) is 3.81. The van der Waals surface area contributed by atoms with Crippen LogP contribution in [-0.2, 0) is 6.42 Å². The van der Waals surface area contributed by atoms with Crippen molar-refractivity contribution < 1.29 is 4.79 Å². The van der Waals surface area contributed by atoms with Crippen molar-refractivity contribution in [1.82, 2.24) is 14.8 Å². The second kappa shape index (κ2) is 10.4. The highest BCUT2D eigenvalue weighted by Crippen LogP contribution is 2.18. The predicted molar refractivity (Wildman–Crippen MR) is 124 cm³/mol. The van der Waals surface area contributed by atoms with Crippen molar-refractivity contribution in [2.75, 3.05) is 43.8 Å². The topological polar surface area (TPSA) is 74.5 Å². The van der Waals surface area contributed by atoms with Crippen molar-refractivity contribution in [2.24, 2.45) is 0 Å². The molecule has 1 aromatic heterocycles. The van der Waals surface area contributed by atoms with Crippen molar-refractivity contribution in [3.8, 4) is 0 Å². The number of nitrogens with one attached hydrogen (secondary N) is 1. The van der Waals surface area contributed by atoms with Crippen LogP contribution in [0.5, 0.6) is 0 Å². The van der Waals surface area contributed by atoms with Gasteiger partial charge in [-0.15, -0.1) is 0 Å². The van der Waals surface area contributed by atoms with Gasteiger partial charge in [-0.1, -0.05) is 25.5 Å². The smallest absolute Gasteiger partial charge is 0.253 e.